The van der Waals surface area contributed by atoms with E-state index in [1.807, 2.05) is 18.2 Å². The lowest BCUT2D eigenvalue weighted by Gasteiger charge is -2.20. The summed E-state index contributed by atoms with van der Waals surface area (Å²) in [7, 11) is 0. The van der Waals surface area contributed by atoms with Crippen molar-refractivity contribution in [2.75, 3.05) is 6.54 Å². The molecule has 28 heavy (non-hydrogen) atoms. The molecule has 0 spiro atoms. The third-order valence-electron chi connectivity index (χ3n) is 4.53. The molecule has 1 atom stereocenters. The van der Waals surface area contributed by atoms with E-state index in [-0.39, 0.29) is 6.04 Å². The lowest BCUT2D eigenvalue weighted by atomic mass is 10.2. The van der Waals surface area contributed by atoms with Gasteiger partial charge in [-0.3, -0.25) is 0 Å². The van der Waals surface area contributed by atoms with Gasteiger partial charge in [0.15, 0.2) is 5.96 Å². The number of aromatic nitrogens is 3. The highest BCUT2D eigenvalue weighted by Gasteiger charge is 2.12. The van der Waals surface area contributed by atoms with Crippen LogP contribution in [0.2, 0.25) is 0 Å². The molecule has 0 aliphatic heterocycles. The first-order valence-corrected chi connectivity index (χ1v) is 10.7. The van der Waals surface area contributed by atoms with Crippen molar-refractivity contribution in [3.05, 3.63) is 70.4 Å². The molecule has 1 aromatic carbocycles. The zero-order chi connectivity index (χ0) is 19.6. The van der Waals surface area contributed by atoms with Crippen molar-refractivity contribution < 1.29 is 0 Å². The first-order chi connectivity index (χ1) is 13.8. The molecule has 0 fully saturated rings. The second-order valence-corrected chi connectivity index (χ2v) is 7.47. The second-order valence-electron chi connectivity index (χ2n) is 6.49. The Kier molecular flexibility index (Phi) is 7.61. The fourth-order valence-electron chi connectivity index (χ4n) is 2.97. The molecular weight excluding hydrogens is 368 g/mol. The van der Waals surface area contributed by atoms with Gasteiger partial charge in [0.05, 0.1) is 12.6 Å². The van der Waals surface area contributed by atoms with Crippen LogP contribution in [-0.4, -0.2) is 27.3 Å². The van der Waals surface area contributed by atoms with Crippen molar-refractivity contribution in [1.82, 2.24) is 25.4 Å². The lowest BCUT2D eigenvalue weighted by Crippen LogP contribution is -2.40. The number of hydrogen-bond acceptors (Lipinski definition) is 4. The van der Waals surface area contributed by atoms with Gasteiger partial charge in [-0.15, -0.1) is 21.5 Å². The third kappa shape index (κ3) is 5.66. The number of guanidine groups is 1. The fraction of sp³-hybridized carbons (Fsp3) is 0.381. The van der Waals surface area contributed by atoms with E-state index in [1.54, 1.807) is 17.7 Å². The molecular formula is C21H28N6S. The molecule has 0 bridgehead atoms. The van der Waals surface area contributed by atoms with Crippen molar-refractivity contribution in [2.24, 2.45) is 4.99 Å². The minimum Gasteiger partial charge on any atom is -0.355 e. The van der Waals surface area contributed by atoms with Gasteiger partial charge in [-0.05, 0) is 23.4 Å². The van der Waals surface area contributed by atoms with Crippen LogP contribution in [0.5, 0.6) is 0 Å². The van der Waals surface area contributed by atoms with Gasteiger partial charge in [0.2, 0.25) is 0 Å². The molecule has 0 saturated heterocycles. The van der Waals surface area contributed by atoms with Crippen LogP contribution < -0.4 is 10.6 Å². The molecule has 6 nitrogen and oxygen atoms in total. The van der Waals surface area contributed by atoms with Gasteiger partial charge < -0.3 is 15.2 Å². The van der Waals surface area contributed by atoms with Crippen LogP contribution >= 0.6 is 11.3 Å². The highest BCUT2D eigenvalue weighted by Crippen LogP contribution is 2.21. The molecule has 0 aliphatic rings. The summed E-state index contributed by atoms with van der Waals surface area (Å²) in [5.74, 6) is 1.83. The molecule has 0 saturated carbocycles. The molecule has 7 heteroatoms. The van der Waals surface area contributed by atoms with E-state index in [0.717, 1.165) is 37.7 Å². The summed E-state index contributed by atoms with van der Waals surface area (Å²) in [6.45, 7) is 6.49. The van der Waals surface area contributed by atoms with E-state index in [4.69, 9.17) is 4.99 Å². The average molecular weight is 397 g/mol. The Morgan fingerprint density at radius 1 is 1.18 bits per heavy atom. The van der Waals surface area contributed by atoms with Crippen LogP contribution in [0.3, 0.4) is 0 Å². The van der Waals surface area contributed by atoms with Crippen LogP contribution in [0.15, 0.2) is 59.2 Å². The quantitative estimate of drug-likeness (QED) is 0.427. The Labute approximate surface area is 170 Å². The predicted octanol–water partition coefficient (Wildman–Crippen LogP) is 3.79. The summed E-state index contributed by atoms with van der Waals surface area (Å²) in [6, 6.07) is 14.8. The number of nitrogens with one attached hydrogen (secondary N) is 2. The first-order valence-electron chi connectivity index (χ1n) is 9.79. The molecule has 2 heterocycles. The molecule has 1 unspecified atom stereocenters. The van der Waals surface area contributed by atoms with Gasteiger partial charge in [-0.25, -0.2) is 4.99 Å². The monoisotopic (exact) mass is 396 g/mol. The maximum absolute atomic E-state index is 4.81. The largest absolute Gasteiger partial charge is 0.355 e. The van der Waals surface area contributed by atoms with E-state index in [0.29, 0.717) is 6.54 Å². The first kappa shape index (κ1) is 20.1. The zero-order valence-corrected chi connectivity index (χ0v) is 17.3. The van der Waals surface area contributed by atoms with E-state index in [9.17, 15) is 0 Å². The average Bonchev–Trinajstić information content (AvgIpc) is 3.42. The number of aliphatic imine (C=N–C) groups is 1. The van der Waals surface area contributed by atoms with Crippen LogP contribution in [-0.2, 0) is 19.5 Å². The normalized spacial score (nSPS) is 12.7. The molecule has 3 aromatic rings. The minimum absolute atomic E-state index is 0.253. The van der Waals surface area contributed by atoms with Crippen molar-refractivity contribution >= 4 is 17.3 Å². The molecule has 0 aliphatic carbocycles. The number of nitrogens with zero attached hydrogens (tertiary/aromatic N) is 4. The molecule has 0 radical (unpaired) electrons. The summed E-state index contributed by atoms with van der Waals surface area (Å²) < 4.78 is 2.08. The van der Waals surface area contributed by atoms with E-state index >= 15 is 0 Å². The zero-order valence-electron chi connectivity index (χ0n) is 16.5. The van der Waals surface area contributed by atoms with Crippen LogP contribution in [0.1, 0.15) is 42.6 Å². The molecule has 148 valence electrons. The SMILES string of the molecule is CCc1nncn1CCNC(=NCc1ccccc1)NC(CC)c1cccs1. The van der Waals surface area contributed by atoms with E-state index in [1.165, 1.54) is 10.4 Å². The summed E-state index contributed by atoms with van der Waals surface area (Å²) in [5.41, 5.74) is 1.19. The maximum Gasteiger partial charge on any atom is 0.192 e. The number of aryl methyl sites for hydroxylation is 1. The van der Waals surface area contributed by atoms with Gasteiger partial charge in [-0.2, -0.15) is 0 Å². The third-order valence-corrected chi connectivity index (χ3v) is 5.51. The second kappa shape index (κ2) is 10.6. The summed E-state index contributed by atoms with van der Waals surface area (Å²) in [5, 5.41) is 17.3. The number of rotatable bonds is 9. The number of thiophene rings is 1. The topological polar surface area (TPSA) is 67.1 Å². The number of hydrogen-bond donors (Lipinski definition) is 2. The Morgan fingerprint density at radius 2 is 2.04 bits per heavy atom. The van der Waals surface area contributed by atoms with Crippen LogP contribution in [0.25, 0.3) is 0 Å². The smallest absolute Gasteiger partial charge is 0.192 e. The number of benzene rings is 1. The molecule has 2 aromatic heterocycles. The van der Waals surface area contributed by atoms with Gasteiger partial charge in [0.25, 0.3) is 0 Å². The summed E-state index contributed by atoms with van der Waals surface area (Å²) >= 11 is 1.77. The Morgan fingerprint density at radius 3 is 2.75 bits per heavy atom. The highest BCUT2D eigenvalue weighted by atomic mass is 32.1. The van der Waals surface area contributed by atoms with Crippen molar-refractivity contribution in [3.63, 3.8) is 0 Å². The minimum atomic E-state index is 0.253. The standard InChI is InChI=1S/C21H28N6S/c1-3-18(19-11-8-14-28-19)25-21(23-15-17-9-6-5-7-10-17)22-12-13-27-16-24-26-20(27)4-2/h5-11,14,16,18H,3-4,12-13,15H2,1-2H3,(H2,22,23,25). The Balaban J connectivity index is 1.66. The van der Waals surface area contributed by atoms with E-state index in [2.05, 4.69) is 68.9 Å². The Bertz CT molecular complexity index is 841. The molecule has 0 amide bonds. The van der Waals surface area contributed by atoms with Crippen LogP contribution in [0, 0.1) is 0 Å². The van der Waals surface area contributed by atoms with Gasteiger partial charge >= 0.3 is 0 Å². The highest BCUT2D eigenvalue weighted by molar-refractivity contribution is 7.10. The van der Waals surface area contributed by atoms with Gasteiger partial charge in [0, 0.05) is 24.4 Å². The van der Waals surface area contributed by atoms with Crippen molar-refractivity contribution in [3.8, 4) is 0 Å². The van der Waals surface area contributed by atoms with Crippen molar-refractivity contribution in [2.45, 2.75) is 45.8 Å². The summed E-state index contributed by atoms with van der Waals surface area (Å²) in [4.78, 5) is 6.13. The summed E-state index contributed by atoms with van der Waals surface area (Å²) in [6.07, 6.45) is 3.66. The lowest BCUT2D eigenvalue weighted by molar-refractivity contribution is 0.595. The molecule has 3 rings (SSSR count). The van der Waals surface area contributed by atoms with Crippen LogP contribution in [0.4, 0.5) is 0 Å². The molecule has 2 N–H and O–H groups in total. The van der Waals surface area contributed by atoms with Gasteiger partial charge in [0.1, 0.15) is 12.2 Å². The van der Waals surface area contributed by atoms with E-state index < -0.39 is 0 Å². The maximum atomic E-state index is 4.81. The van der Waals surface area contributed by atoms with Crippen molar-refractivity contribution in [1.29, 1.82) is 0 Å². The predicted molar refractivity (Wildman–Crippen MR) is 115 cm³/mol. The fourth-order valence-corrected chi connectivity index (χ4v) is 3.83. The van der Waals surface area contributed by atoms with Gasteiger partial charge in [-0.1, -0.05) is 50.2 Å². The Hall–Kier alpha value is -2.67.